The van der Waals surface area contributed by atoms with Gasteiger partial charge in [-0.1, -0.05) is 17.7 Å². The predicted octanol–water partition coefficient (Wildman–Crippen LogP) is 2.24. The molecular formula is C22H15ClF3N3O3S. The Morgan fingerprint density at radius 3 is 2.67 bits per heavy atom. The van der Waals surface area contributed by atoms with E-state index in [4.69, 9.17) is 16.3 Å². The van der Waals surface area contributed by atoms with Crippen molar-refractivity contribution in [2.45, 2.75) is 0 Å². The first-order valence-electron chi connectivity index (χ1n) is 9.33. The Kier molecular flexibility index (Phi) is 7.71. The SMILES string of the molecule is COCCNC(=O)/C(C#N)=c1\s/c(=C\c2c(F)cccc2Cl)c(=O)n1-c1ccc(F)cc1F. The lowest BCUT2D eigenvalue weighted by molar-refractivity contribution is -0.115. The number of carbonyl (C=O) groups is 1. The van der Waals surface area contributed by atoms with Crippen molar-refractivity contribution in [3.8, 4) is 11.8 Å². The lowest BCUT2D eigenvalue weighted by Crippen LogP contribution is -2.35. The molecule has 0 radical (unpaired) electrons. The number of amides is 1. The number of ether oxygens (including phenoxy) is 1. The molecule has 33 heavy (non-hydrogen) atoms. The molecule has 0 bridgehead atoms. The first-order valence-corrected chi connectivity index (χ1v) is 10.5. The third-order valence-electron chi connectivity index (χ3n) is 4.39. The summed E-state index contributed by atoms with van der Waals surface area (Å²) in [6, 6.07) is 8.14. The number of hydrogen-bond donors (Lipinski definition) is 1. The number of nitrogens with zero attached hydrogens (tertiary/aromatic N) is 2. The molecule has 1 amide bonds. The van der Waals surface area contributed by atoms with E-state index in [0.29, 0.717) is 17.4 Å². The number of nitriles is 1. The van der Waals surface area contributed by atoms with Gasteiger partial charge in [0, 0.05) is 25.3 Å². The van der Waals surface area contributed by atoms with Crippen molar-refractivity contribution in [2.75, 3.05) is 20.3 Å². The van der Waals surface area contributed by atoms with E-state index in [1.54, 1.807) is 6.07 Å². The van der Waals surface area contributed by atoms with Crippen LogP contribution in [-0.4, -0.2) is 30.7 Å². The van der Waals surface area contributed by atoms with Crippen LogP contribution in [0.3, 0.4) is 0 Å². The van der Waals surface area contributed by atoms with Crippen LogP contribution < -0.4 is 20.1 Å². The fourth-order valence-electron chi connectivity index (χ4n) is 2.86. The Labute approximate surface area is 194 Å². The van der Waals surface area contributed by atoms with Crippen LogP contribution in [0.1, 0.15) is 5.56 Å². The first-order chi connectivity index (χ1) is 15.8. The van der Waals surface area contributed by atoms with Crippen LogP contribution in [0.2, 0.25) is 5.02 Å². The van der Waals surface area contributed by atoms with Crippen molar-refractivity contribution in [3.05, 3.63) is 84.0 Å². The topological polar surface area (TPSA) is 84.1 Å². The Morgan fingerprint density at radius 1 is 1.27 bits per heavy atom. The molecule has 0 aliphatic rings. The molecule has 0 saturated carbocycles. The minimum atomic E-state index is -1.09. The van der Waals surface area contributed by atoms with Gasteiger partial charge in [0.25, 0.3) is 11.5 Å². The number of benzene rings is 2. The van der Waals surface area contributed by atoms with Crippen molar-refractivity contribution >= 4 is 40.5 Å². The largest absolute Gasteiger partial charge is 0.383 e. The van der Waals surface area contributed by atoms with E-state index in [9.17, 15) is 28.0 Å². The summed E-state index contributed by atoms with van der Waals surface area (Å²) in [4.78, 5) is 25.8. The molecule has 3 rings (SSSR count). The fourth-order valence-corrected chi connectivity index (χ4v) is 4.16. The van der Waals surface area contributed by atoms with Gasteiger partial charge >= 0.3 is 0 Å². The van der Waals surface area contributed by atoms with Crippen LogP contribution in [0.15, 0.2) is 41.2 Å². The summed E-state index contributed by atoms with van der Waals surface area (Å²) in [7, 11) is 1.42. The van der Waals surface area contributed by atoms with Crippen molar-refractivity contribution in [3.63, 3.8) is 0 Å². The van der Waals surface area contributed by atoms with Gasteiger partial charge in [0.1, 0.15) is 28.2 Å². The molecule has 170 valence electrons. The van der Waals surface area contributed by atoms with E-state index < -0.39 is 34.5 Å². The highest BCUT2D eigenvalue weighted by Crippen LogP contribution is 2.19. The highest BCUT2D eigenvalue weighted by Gasteiger charge is 2.19. The van der Waals surface area contributed by atoms with Gasteiger partial charge in [0.05, 0.1) is 21.8 Å². The number of aromatic nitrogens is 1. The molecule has 0 unspecified atom stereocenters. The van der Waals surface area contributed by atoms with Crippen LogP contribution in [0.4, 0.5) is 13.2 Å². The molecule has 1 heterocycles. The number of methoxy groups -OCH3 is 1. The molecule has 1 aromatic heterocycles. The molecular weight excluding hydrogens is 479 g/mol. The molecule has 0 atom stereocenters. The molecule has 6 nitrogen and oxygen atoms in total. The number of nitrogens with one attached hydrogen (secondary N) is 1. The Hall–Kier alpha value is -3.39. The van der Waals surface area contributed by atoms with Crippen molar-refractivity contribution in [1.82, 2.24) is 9.88 Å². The number of thiazole rings is 1. The maximum atomic E-state index is 14.6. The summed E-state index contributed by atoms with van der Waals surface area (Å²) in [5, 5.41) is 12.1. The molecule has 0 fully saturated rings. The zero-order valence-electron chi connectivity index (χ0n) is 17.0. The molecule has 3 aromatic rings. The van der Waals surface area contributed by atoms with Gasteiger partial charge in [0.15, 0.2) is 5.57 Å². The summed E-state index contributed by atoms with van der Waals surface area (Å²) in [5.74, 6) is -3.52. The van der Waals surface area contributed by atoms with Gasteiger partial charge in [-0.3, -0.25) is 14.2 Å². The van der Waals surface area contributed by atoms with Gasteiger partial charge in [-0.2, -0.15) is 5.26 Å². The van der Waals surface area contributed by atoms with Gasteiger partial charge in [0.2, 0.25) is 0 Å². The van der Waals surface area contributed by atoms with Gasteiger partial charge < -0.3 is 10.1 Å². The van der Waals surface area contributed by atoms with Crippen molar-refractivity contribution < 1.29 is 22.7 Å². The van der Waals surface area contributed by atoms with Crippen molar-refractivity contribution in [1.29, 1.82) is 5.26 Å². The summed E-state index contributed by atoms with van der Waals surface area (Å²) in [6.45, 7) is 0.240. The van der Waals surface area contributed by atoms with E-state index in [1.165, 1.54) is 19.2 Å². The van der Waals surface area contributed by atoms with E-state index >= 15 is 0 Å². The lowest BCUT2D eigenvalue weighted by Gasteiger charge is -2.06. The zero-order chi connectivity index (χ0) is 24.1. The molecule has 2 aromatic carbocycles. The Morgan fingerprint density at radius 2 is 2.03 bits per heavy atom. The maximum absolute atomic E-state index is 14.6. The maximum Gasteiger partial charge on any atom is 0.273 e. The lowest BCUT2D eigenvalue weighted by atomic mass is 10.2. The average Bonchev–Trinajstić information content (AvgIpc) is 3.07. The van der Waals surface area contributed by atoms with E-state index in [2.05, 4.69) is 5.32 Å². The fraction of sp³-hybridized carbons (Fsp3) is 0.136. The first kappa shape index (κ1) is 24.3. The van der Waals surface area contributed by atoms with Gasteiger partial charge in [-0.05, 0) is 30.3 Å². The number of carbonyl (C=O) groups excluding carboxylic acids is 1. The highest BCUT2D eigenvalue weighted by atomic mass is 35.5. The molecule has 1 N–H and O–H groups in total. The Bertz CT molecular complexity index is 1420. The molecule has 0 spiro atoms. The monoisotopic (exact) mass is 493 g/mol. The quantitative estimate of drug-likeness (QED) is 0.534. The summed E-state index contributed by atoms with van der Waals surface area (Å²) >= 11 is 6.70. The molecule has 0 aliphatic carbocycles. The third kappa shape index (κ3) is 5.17. The normalized spacial score (nSPS) is 12.4. The van der Waals surface area contributed by atoms with Crippen LogP contribution in [0.5, 0.6) is 0 Å². The van der Waals surface area contributed by atoms with Crippen LogP contribution in [-0.2, 0) is 9.53 Å². The highest BCUT2D eigenvalue weighted by molar-refractivity contribution is 7.07. The second-order valence-electron chi connectivity index (χ2n) is 6.52. The summed E-state index contributed by atoms with van der Waals surface area (Å²) in [6.07, 6.45) is 1.14. The smallest absolute Gasteiger partial charge is 0.273 e. The van der Waals surface area contributed by atoms with E-state index in [1.807, 2.05) is 0 Å². The minimum absolute atomic E-state index is 0.0191. The molecule has 11 heteroatoms. The zero-order valence-corrected chi connectivity index (χ0v) is 18.6. The minimum Gasteiger partial charge on any atom is -0.383 e. The number of halogens is 4. The van der Waals surface area contributed by atoms with Crippen LogP contribution >= 0.6 is 22.9 Å². The van der Waals surface area contributed by atoms with E-state index in [-0.39, 0.29) is 38.6 Å². The third-order valence-corrected chi connectivity index (χ3v) is 5.82. The van der Waals surface area contributed by atoms with Gasteiger partial charge in [-0.15, -0.1) is 11.3 Å². The van der Waals surface area contributed by atoms with E-state index in [0.717, 1.165) is 28.8 Å². The second kappa shape index (κ2) is 10.5. The Balaban J connectivity index is 2.38. The summed E-state index contributed by atoms with van der Waals surface area (Å²) < 4.78 is 47.6. The molecule has 0 aliphatic heterocycles. The van der Waals surface area contributed by atoms with Crippen molar-refractivity contribution in [2.24, 2.45) is 0 Å². The van der Waals surface area contributed by atoms with Gasteiger partial charge in [-0.25, -0.2) is 13.2 Å². The molecule has 0 saturated heterocycles. The summed E-state index contributed by atoms with van der Waals surface area (Å²) in [5.41, 5.74) is -1.82. The van der Waals surface area contributed by atoms with Crippen LogP contribution in [0, 0.1) is 28.8 Å². The number of rotatable bonds is 6. The number of hydrogen-bond acceptors (Lipinski definition) is 5. The second-order valence-corrected chi connectivity index (χ2v) is 7.96. The van der Waals surface area contributed by atoms with Crippen LogP contribution in [0.25, 0.3) is 17.3 Å². The standard InChI is InChI=1S/C22H15ClF3N3O3S/c1-32-8-7-28-20(30)14(11-27)22-29(18-6-5-12(24)9-17(18)26)21(31)19(33-22)10-13-15(23)3-2-4-16(13)25/h2-6,9-10H,7-8H2,1H3,(H,28,30)/b19-10-,22-14-. The predicted molar refractivity (Wildman–Crippen MR) is 118 cm³/mol. The average molecular weight is 494 g/mol.